The van der Waals surface area contributed by atoms with Crippen LogP contribution < -0.4 is 19.5 Å². The minimum absolute atomic E-state index is 0.0813. The summed E-state index contributed by atoms with van der Waals surface area (Å²) in [5, 5.41) is 2.71. The van der Waals surface area contributed by atoms with Crippen LogP contribution >= 0.6 is 0 Å². The van der Waals surface area contributed by atoms with Crippen LogP contribution in [0.1, 0.15) is 12.5 Å². The molecular formula is C21H25NO6. The Labute approximate surface area is 164 Å². The van der Waals surface area contributed by atoms with E-state index in [9.17, 15) is 9.59 Å². The number of benzene rings is 2. The second kappa shape index (κ2) is 10.9. The standard InChI is InChI=1S/C21H25NO6/c1-15(24)22-20(14-27-19-10-8-18(26-3)9-11-19)21(12-23)28-13-16-4-6-17(25-2)7-5-16/h4-12,20-21H,13-14H2,1-3H3,(H,22,24)/t20-,21-/m1/s1. The minimum atomic E-state index is -0.857. The summed E-state index contributed by atoms with van der Waals surface area (Å²) in [6, 6.07) is 13.7. The van der Waals surface area contributed by atoms with Crippen LogP contribution in [0.5, 0.6) is 17.2 Å². The lowest BCUT2D eigenvalue weighted by atomic mass is 10.1. The largest absolute Gasteiger partial charge is 0.497 e. The fourth-order valence-corrected chi connectivity index (χ4v) is 2.50. The molecule has 0 saturated heterocycles. The first-order valence-corrected chi connectivity index (χ1v) is 8.79. The van der Waals surface area contributed by atoms with Crippen molar-refractivity contribution in [3.63, 3.8) is 0 Å². The van der Waals surface area contributed by atoms with Crippen LogP contribution in [0.4, 0.5) is 0 Å². The van der Waals surface area contributed by atoms with Crippen molar-refractivity contribution in [1.29, 1.82) is 0 Å². The molecule has 0 saturated carbocycles. The van der Waals surface area contributed by atoms with Gasteiger partial charge in [-0.15, -0.1) is 0 Å². The number of nitrogens with one attached hydrogen (secondary N) is 1. The Morgan fingerprint density at radius 2 is 1.50 bits per heavy atom. The van der Waals surface area contributed by atoms with E-state index < -0.39 is 12.1 Å². The molecule has 2 aromatic rings. The zero-order chi connectivity index (χ0) is 20.4. The second-order valence-electron chi connectivity index (χ2n) is 6.05. The van der Waals surface area contributed by atoms with Gasteiger partial charge in [0, 0.05) is 6.92 Å². The molecule has 1 amide bonds. The lowest BCUT2D eigenvalue weighted by Crippen LogP contribution is -2.48. The zero-order valence-electron chi connectivity index (χ0n) is 16.2. The number of aldehydes is 1. The van der Waals surface area contributed by atoms with Gasteiger partial charge in [0.05, 0.1) is 26.9 Å². The molecule has 0 spiro atoms. The molecule has 0 unspecified atom stereocenters. The third kappa shape index (κ3) is 6.59. The highest BCUT2D eigenvalue weighted by Gasteiger charge is 2.24. The second-order valence-corrected chi connectivity index (χ2v) is 6.05. The van der Waals surface area contributed by atoms with Crippen molar-refractivity contribution in [2.45, 2.75) is 25.7 Å². The SMILES string of the molecule is COc1ccc(CO[C@H](C=O)[C@@H](COc2ccc(OC)cc2)NC(C)=O)cc1. The van der Waals surface area contributed by atoms with Gasteiger partial charge in [-0.3, -0.25) is 4.79 Å². The van der Waals surface area contributed by atoms with E-state index in [-0.39, 0.29) is 19.1 Å². The number of hydrogen-bond donors (Lipinski definition) is 1. The van der Waals surface area contributed by atoms with Crippen LogP contribution in [0.2, 0.25) is 0 Å². The van der Waals surface area contributed by atoms with Gasteiger partial charge in [0.15, 0.2) is 6.29 Å². The molecule has 7 nitrogen and oxygen atoms in total. The van der Waals surface area contributed by atoms with Crippen molar-refractivity contribution in [2.75, 3.05) is 20.8 Å². The average molecular weight is 387 g/mol. The molecule has 1 N–H and O–H groups in total. The van der Waals surface area contributed by atoms with Crippen molar-refractivity contribution in [2.24, 2.45) is 0 Å². The molecule has 2 aromatic carbocycles. The Bertz CT molecular complexity index is 744. The van der Waals surface area contributed by atoms with E-state index >= 15 is 0 Å². The third-order valence-corrected chi connectivity index (χ3v) is 4.01. The van der Waals surface area contributed by atoms with Gasteiger partial charge in [0.2, 0.25) is 5.91 Å². The smallest absolute Gasteiger partial charge is 0.217 e. The van der Waals surface area contributed by atoms with E-state index in [0.717, 1.165) is 11.3 Å². The molecule has 0 aliphatic heterocycles. The predicted octanol–water partition coefficient (Wildman–Crippen LogP) is 2.37. The summed E-state index contributed by atoms with van der Waals surface area (Å²) in [7, 11) is 3.17. The molecule has 0 radical (unpaired) electrons. The van der Waals surface area contributed by atoms with E-state index in [1.165, 1.54) is 6.92 Å². The molecule has 0 aliphatic carbocycles. The van der Waals surface area contributed by atoms with Crippen molar-refractivity contribution >= 4 is 12.2 Å². The van der Waals surface area contributed by atoms with Crippen LogP contribution in [0.25, 0.3) is 0 Å². The Morgan fingerprint density at radius 3 is 2.00 bits per heavy atom. The monoisotopic (exact) mass is 387 g/mol. The molecule has 2 rings (SSSR count). The maximum Gasteiger partial charge on any atom is 0.217 e. The van der Waals surface area contributed by atoms with Crippen LogP contribution in [0.15, 0.2) is 48.5 Å². The first kappa shape index (κ1) is 21.2. The van der Waals surface area contributed by atoms with Gasteiger partial charge in [-0.05, 0) is 42.0 Å². The normalized spacial score (nSPS) is 12.5. The Hall–Kier alpha value is -3.06. The minimum Gasteiger partial charge on any atom is -0.497 e. The Kier molecular flexibility index (Phi) is 8.30. The number of methoxy groups -OCH3 is 2. The van der Waals surface area contributed by atoms with Gasteiger partial charge in [-0.1, -0.05) is 12.1 Å². The highest BCUT2D eigenvalue weighted by Crippen LogP contribution is 2.18. The van der Waals surface area contributed by atoms with E-state index in [4.69, 9.17) is 18.9 Å². The van der Waals surface area contributed by atoms with Crippen LogP contribution in [-0.2, 0) is 20.9 Å². The molecular weight excluding hydrogens is 362 g/mol. The fourth-order valence-electron chi connectivity index (χ4n) is 2.50. The van der Waals surface area contributed by atoms with Gasteiger partial charge in [-0.25, -0.2) is 0 Å². The Morgan fingerprint density at radius 1 is 0.964 bits per heavy atom. The van der Waals surface area contributed by atoms with Gasteiger partial charge >= 0.3 is 0 Å². The first-order valence-electron chi connectivity index (χ1n) is 8.79. The topological polar surface area (TPSA) is 83.1 Å². The summed E-state index contributed by atoms with van der Waals surface area (Å²) >= 11 is 0. The quantitative estimate of drug-likeness (QED) is 0.596. The average Bonchev–Trinajstić information content (AvgIpc) is 2.72. The summed E-state index contributed by atoms with van der Waals surface area (Å²) in [5.41, 5.74) is 0.880. The molecule has 150 valence electrons. The predicted molar refractivity (Wildman–Crippen MR) is 104 cm³/mol. The van der Waals surface area contributed by atoms with Crippen molar-refractivity contribution < 1.29 is 28.5 Å². The summed E-state index contributed by atoms with van der Waals surface area (Å²) in [6.45, 7) is 1.68. The maximum atomic E-state index is 11.6. The zero-order valence-corrected chi connectivity index (χ0v) is 16.2. The number of rotatable bonds is 11. The highest BCUT2D eigenvalue weighted by atomic mass is 16.5. The van der Waals surface area contributed by atoms with Gasteiger partial charge in [0.25, 0.3) is 0 Å². The lowest BCUT2D eigenvalue weighted by Gasteiger charge is -2.24. The molecule has 7 heteroatoms. The van der Waals surface area contributed by atoms with Crippen LogP contribution in [0.3, 0.4) is 0 Å². The van der Waals surface area contributed by atoms with Gasteiger partial charge < -0.3 is 29.1 Å². The third-order valence-electron chi connectivity index (χ3n) is 4.01. The molecule has 0 bridgehead atoms. The maximum absolute atomic E-state index is 11.6. The van der Waals surface area contributed by atoms with Gasteiger partial charge in [-0.2, -0.15) is 0 Å². The summed E-state index contributed by atoms with van der Waals surface area (Å²) < 4.78 is 21.6. The van der Waals surface area contributed by atoms with E-state index in [2.05, 4.69) is 5.32 Å². The fraction of sp³-hybridized carbons (Fsp3) is 0.333. The van der Waals surface area contributed by atoms with Gasteiger partial charge in [0.1, 0.15) is 30.0 Å². The van der Waals surface area contributed by atoms with Crippen LogP contribution in [-0.4, -0.2) is 45.2 Å². The molecule has 0 heterocycles. The number of ether oxygens (including phenoxy) is 4. The molecule has 28 heavy (non-hydrogen) atoms. The van der Waals surface area contributed by atoms with E-state index in [0.29, 0.717) is 17.8 Å². The number of amides is 1. The van der Waals surface area contributed by atoms with E-state index in [1.54, 1.807) is 38.5 Å². The first-order chi connectivity index (χ1) is 13.5. The van der Waals surface area contributed by atoms with Crippen LogP contribution in [0, 0.1) is 0 Å². The summed E-state index contributed by atoms with van der Waals surface area (Å²) in [4.78, 5) is 23.1. The lowest BCUT2D eigenvalue weighted by molar-refractivity contribution is -0.126. The number of carbonyl (C=O) groups excluding carboxylic acids is 2. The molecule has 2 atom stereocenters. The van der Waals surface area contributed by atoms with Crippen molar-refractivity contribution in [1.82, 2.24) is 5.32 Å². The molecule has 0 aliphatic rings. The van der Waals surface area contributed by atoms with Crippen molar-refractivity contribution in [3.05, 3.63) is 54.1 Å². The summed E-state index contributed by atoms with van der Waals surface area (Å²) in [5.74, 6) is 1.76. The van der Waals surface area contributed by atoms with E-state index in [1.807, 2.05) is 24.3 Å². The molecule has 0 fully saturated rings. The molecule has 0 aromatic heterocycles. The van der Waals surface area contributed by atoms with Crippen molar-refractivity contribution in [3.8, 4) is 17.2 Å². The number of hydrogen-bond acceptors (Lipinski definition) is 6. The summed E-state index contributed by atoms with van der Waals surface area (Å²) in [6.07, 6.45) is -0.189. The Balaban J connectivity index is 1.98. The number of carbonyl (C=O) groups is 2. The highest BCUT2D eigenvalue weighted by molar-refractivity contribution is 5.74.